The van der Waals surface area contributed by atoms with E-state index in [1.165, 1.54) is 33.0 Å². The third-order valence-electron chi connectivity index (χ3n) is 9.08. The Hall–Kier alpha value is -6.70. The summed E-state index contributed by atoms with van der Waals surface area (Å²) in [6.45, 7) is 0. The molecule has 0 amide bonds. The highest BCUT2D eigenvalue weighted by molar-refractivity contribution is 6.22. The maximum atomic E-state index is 9.70. The van der Waals surface area contributed by atoms with Gasteiger partial charge >= 0.3 is 0 Å². The van der Waals surface area contributed by atoms with Gasteiger partial charge in [-0.05, 0) is 67.9 Å². The van der Waals surface area contributed by atoms with Gasteiger partial charge in [-0.15, -0.1) is 0 Å². The van der Waals surface area contributed by atoms with Gasteiger partial charge in [-0.25, -0.2) is 15.0 Å². The predicted molar refractivity (Wildman–Crippen MR) is 194 cm³/mol. The number of aromatic nitrogens is 3. The zero-order valence-electron chi connectivity index (χ0n) is 25.8. The van der Waals surface area contributed by atoms with Crippen molar-refractivity contribution < 1.29 is 0 Å². The van der Waals surface area contributed by atoms with E-state index >= 15 is 0 Å². The van der Waals surface area contributed by atoms with Crippen LogP contribution in [0.1, 0.15) is 5.56 Å². The topological polar surface area (TPSA) is 62.5 Å². The van der Waals surface area contributed by atoms with Gasteiger partial charge in [0.15, 0.2) is 17.5 Å². The summed E-state index contributed by atoms with van der Waals surface area (Å²) in [7, 11) is 0. The molecule has 9 rings (SSSR count). The van der Waals surface area contributed by atoms with Gasteiger partial charge in [-0.1, -0.05) is 140 Å². The molecule has 0 aliphatic heterocycles. The minimum Gasteiger partial charge on any atom is -0.208 e. The van der Waals surface area contributed by atoms with Crippen molar-refractivity contribution in [1.82, 2.24) is 15.0 Å². The van der Waals surface area contributed by atoms with Gasteiger partial charge in [0.05, 0.1) is 11.6 Å². The summed E-state index contributed by atoms with van der Waals surface area (Å²) in [6, 6.07) is 56.3. The summed E-state index contributed by atoms with van der Waals surface area (Å²) in [5.41, 5.74) is 12.4. The van der Waals surface area contributed by atoms with Crippen LogP contribution in [0.4, 0.5) is 0 Å². The molecule has 8 aromatic rings. The second-order valence-corrected chi connectivity index (χ2v) is 11.9. The van der Waals surface area contributed by atoms with Gasteiger partial charge in [0.2, 0.25) is 0 Å². The zero-order chi connectivity index (χ0) is 32.0. The van der Waals surface area contributed by atoms with E-state index in [1.807, 2.05) is 54.6 Å². The van der Waals surface area contributed by atoms with Crippen molar-refractivity contribution in [1.29, 1.82) is 5.26 Å². The fourth-order valence-corrected chi connectivity index (χ4v) is 6.99. The Bertz CT molecular complexity index is 2550. The van der Waals surface area contributed by atoms with E-state index in [1.54, 1.807) is 6.07 Å². The molecular formula is C44H26N4. The summed E-state index contributed by atoms with van der Waals surface area (Å²) >= 11 is 0. The van der Waals surface area contributed by atoms with Gasteiger partial charge in [0.1, 0.15) is 0 Å². The number of rotatable bonds is 5. The maximum Gasteiger partial charge on any atom is 0.164 e. The second-order valence-electron chi connectivity index (χ2n) is 11.9. The van der Waals surface area contributed by atoms with E-state index in [9.17, 15) is 5.26 Å². The molecule has 7 aromatic carbocycles. The largest absolute Gasteiger partial charge is 0.208 e. The fraction of sp³-hybridized carbons (Fsp3) is 0. The van der Waals surface area contributed by atoms with Crippen molar-refractivity contribution in [2.45, 2.75) is 0 Å². The lowest BCUT2D eigenvalue weighted by atomic mass is 9.84. The highest BCUT2D eigenvalue weighted by Crippen LogP contribution is 2.56. The maximum absolute atomic E-state index is 9.70. The van der Waals surface area contributed by atoms with E-state index in [-0.39, 0.29) is 0 Å². The average Bonchev–Trinajstić information content (AvgIpc) is 3.51. The Morgan fingerprint density at radius 2 is 0.917 bits per heavy atom. The third-order valence-corrected chi connectivity index (χ3v) is 9.08. The summed E-state index contributed by atoms with van der Waals surface area (Å²) in [6.07, 6.45) is 0. The minimum atomic E-state index is 0.516. The third kappa shape index (κ3) is 4.49. The number of benzene rings is 7. The summed E-state index contributed by atoms with van der Waals surface area (Å²) < 4.78 is 0. The summed E-state index contributed by atoms with van der Waals surface area (Å²) in [5, 5.41) is 12.2. The summed E-state index contributed by atoms with van der Waals surface area (Å²) in [4.78, 5) is 15.3. The molecule has 48 heavy (non-hydrogen) atoms. The molecule has 1 aromatic heterocycles. The molecule has 0 spiro atoms. The Morgan fingerprint density at radius 3 is 1.58 bits per heavy atom. The monoisotopic (exact) mass is 610 g/mol. The molecule has 1 aliphatic rings. The van der Waals surface area contributed by atoms with E-state index in [2.05, 4.69) is 103 Å². The lowest BCUT2D eigenvalue weighted by Crippen LogP contribution is -2.03. The van der Waals surface area contributed by atoms with E-state index in [0.29, 0.717) is 23.0 Å². The van der Waals surface area contributed by atoms with Crippen molar-refractivity contribution in [3.8, 4) is 84.7 Å². The average molecular weight is 611 g/mol. The zero-order valence-corrected chi connectivity index (χ0v) is 25.8. The number of hydrogen-bond donors (Lipinski definition) is 0. The molecule has 0 bridgehead atoms. The Labute approximate surface area is 278 Å². The molecule has 1 heterocycles. The minimum absolute atomic E-state index is 0.516. The quantitative estimate of drug-likeness (QED) is 0.194. The van der Waals surface area contributed by atoms with Gasteiger partial charge in [0, 0.05) is 22.3 Å². The van der Waals surface area contributed by atoms with Gasteiger partial charge < -0.3 is 0 Å². The predicted octanol–water partition coefficient (Wildman–Crippen LogP) is 10.9. The van der Waals surface area contributed by atoms with Crippen LogP contribution >= 0.6 is 0 Å². The molecule has 0 saturated heterocycles. The lowest BCUT2D eigenvalue weighted by Gasteiger charge is -2.20. The standard InChI is InChI=1S/C44H26N4/c45-27-28-13-10-22-33(25-28)43-46-42(32-18-8-3-9-19-32)47-44(48-43)37-26-36(29-14-4-1-5-15-29)40-34-23-11-20-30-21-12-24-35(38(30)34)41(40)39(37)31-16-6-2-7-17-31/h1-26H. The van der Waals surface area contributed by atoms with Crippen molar-refractivity contribution in [2.24, 2.45) is 0 Å². The number of hydrogen-bond acceptors (Lipinski definition) is 4. The van der Waals surface area contributed by atoms with E-state index in [4.69, 9.17) is 15.0 Å². The van der Waals surface area contributed by atoms with E-state index in [0.717, 1.165) is 38.9 Å². The number of nitriles is 1. The van der Waals surface area contributed by atoms with Crippen LogP contribution in [0.15, 0.2) is 158 Å². The molecule has 4 heteroatoms. The van der Waals surface area contributed by atoms with Gasteiger partial charge in [-0.3, -0.25) is 0 Å². The van der Waals surface area contributed by atoms with Crippen LogP contribution in [0.2, 0.25) is 0 Å². The highest BCUT2D eigenvalue weighted by Gasteiger charge is 2.31. The Balaban J connectivity index is 1.43. The fourth-order valence-electron chi connectivity index (χ4n) is 6.99. The number of fused-ring (bicyclic) bond motifs is 3. The Kier molecular flexibility index (Phi) is 6.48. The van der Waals surface area contributed by atoms with Crippen LogP contribution in [-0.2, 0) is 0 Å². The van der Waals surface area contributed by atoms with Crippen molar-refractivity contribution in [3.63, 3.8) is 0 Å². The van der Waals surface area contributed by atoms with Crippen LogP contribution in [-0.4, -0.2) is 15.0 Å². The lowest BCUT2D eigenvalue weighted by molar-refractivity contribution is 1.07. The Morgan fingerprint density at radius 1 is 0.375 bits per heavy atom. The number of nitrogens with zero attached hydrogens (tertiary/aromatic N) is 4. The van der Waals surface area contributed by atoms with Gasteiger partial charge in [-0.2, -0.15) is 5.26 Å². The van der Waals surface area contributed by atoms with Crippen molar-refractivity contribution >= 4 is 10.8 Å². The second kappa shape index (κ2) is 11.3. The summed E-state index contributed by atoms with van der Waals surface area (Å²) in [5.74, 6) is 1.66. The molecular weight excluding hydrogens is 585 g/mol. The van der Waals surface area contributed by atoms with Gasteiger partial charge in [0.25, 0.3) is 0 Å². The molecule has 0 fully saturated rings. The molecule has 0 N–H and O–H groups in total. The van der Waals surface area contributed by atoms with Crippen molar-refractivity contribution in [2.75, 3.05) is 0 Å². The molecule has 222 valence electrons. The van der Waals surface area contributed by atoms with Crippen LogP contribution in [0, 0.1) is 11.3 Å². The molecule has 4 nitrogen and oxygen atoms in total. The molecule has 0 saturated carbocycles. The highest BCUT2D eigenvalue weighted by atomic mass is 15.0. The molecule has 0 radical (unpaired) electrons. The van der Waals surface area contributed by atoms with Crippen molar-refractivity contribution in [3.05, 3.63) is 163 Å². The normalized spacial score (nSPS) is 11.3. The van der Waals surface area contributed by atoms with E-state index < -0.39 is 0 Å². The first-order valence-corrected chi connectivity index (χ1v) is 15.9. The van der Waals surface area contributed by atoms with Crippen LogP contribution < -0.4 is 0 Å². The molecule has 0 atom stereocenters. The van der Waals surface area contributed by atoms with Crippen LogP contribution in [0.25, 0.3) is 89.4 Å². The first kappa shape index (κ1) is 27.6. The smallest absolute Gasteiger partial charge is 0.164 e. The van der Waals surface area contributed by atoms with Crippen LogP contribution in [0.3, 0.4) is 0 Å². The van der Waals surface area contributed by atoms with Crippen LogP contribution in [0.5, 0.6) is 0 Å². The SMILES string of the molecule is N#Cc1cccc(-c2nc(-c3ccccc3)nc(-c3cc(-c4ccccc4)c4c(c3-c3ccccc3)-c3cccc5cccc-4c35)n2)c1. The molecule has 1 aliphatic carbocycles. The first-order valence-electron chi connectivity index (χ1n) is 15.9. The first-order chi connectivity index (χ1) is 23.8. The molecule has 0 unspecified atom stereocenters.